The van der Waals surface area contributed by atoms with Crippen LogP contribution in [0.5, 0.6) is 0 Å². The minimum atomic E-state index is -0.937. The Morgan fingerprint density at radius 1 is 1.24 bits per heavy atom. The van der Waals surface area contributed by atoms with Crippen molar-refractivity contribution >= 4 is 17.8 Å². The molecule has 0 saturated carbocycles. The van der Waals surface area contributed by atoms with Crippen LogP contribution in [0.1, 0.15) is 23.2 Å². The Morgan fingerprint density at radius 3 is 2.47 bits per heavy atom. The molecule has 1 fully saturated rings. The van der Waals surface area contributed by atoms with E-state index in [2.05, 4.69) is 4.84 Å². The topological polar surface area (TPSA) is 63.7 Å². The number of halogens is 1. The zero-order chi connectivity index (χ0) is 12.4. The largest absolute Gasteiger partial charge is 0.364 e. The number of imide groups is 1. The van der Waals surface area contributed by atoms with E-state index in [-0.39, 0.29) is 18.4 Å². The summed E-state index contributed by atoms with van der Waals surface area (Å²) in [7, 11) is 0. The van der Waals surface area contributed by atoms with Crippen LogP contribution in [0, 0.1) is 5.82 Å². The molecule has 5 nitrogen and oxygen atoms in total. The van der Waals surface area contributed by atoms with E-state index in [0.29, 0.717) is 5.06 Å². The lowest BCUT2D eigenvalue weighted by Gasteiger charge is -2.12. The summed E-state index contributed by atoms with van der Waals surface area (Å²) in [5, 5.41) is 0.424. The average molecular weight is 236 g/mol. The van der Waals surface area contributed by atoms with Crippen LogP contribution in [0.15, 0.2) is 24.3 Å². The third-order valence-corrected chi connectivity index (χ3v) is 2.24. The number of hydrogen-bond donors (Lipinski definition) is 0. The van der Waals surface area contributed by atoms with Gasteiger partial charge in [0.15, 0.2) is 0 Å². The summed E-state index contributed by atoms with van der Waals surface area (Å²) in [6, 6.07) is 4.80. The minimum Gasteiger partial charge on any atom is -0.325 e. The Morgan fingerprint density at radius 2 is 1.88 bits per heavy atom. The SMILES string of the molecule is O=C(ON1C(=O)CCC1=O)c1cccc([18F])c1. The summed E-state index contributed by atoms with van der Waals surface area (Å²) in [4.78, 5) is 38.5. The van der Waals surface area contributed by atoms with Crippen LogP contribution in [0.2, 0.25) is 0 Å². The number of nitrogens with zero attached hydrogens (tertiary/aromatic N) is 1. The zero-order valence-electron chi connectivity index (χ0n) is 8.68. The first-order valence-corrected chi connectivity index (χ1v) is 4.91. The maximum Gasteiger partial charge on any atom is 0.364 e. The molecule has 0 spiro atoms. The predicted molar refractivity (Wildman–Crippen MR) is 52.9 cm³/mol. The van der Waals surface area contributed by atoms with Gasteiger partial charge < -0.3 is 4.84 Å². The Kier molecular flexibility index (Phi) is 2.86. The number of benzene rings is 1. The summed E-state index contributed by atoms with van der Waals surface area (Å²) in [5.74, 6) is -2.67. The molecule has 2 amide bonds. The van der Waals surface area contributed by atoms with Gasteiger partial charge in [-0.3, -0.25) is 9.59 Å². The molecule has 0 unspecified atom stereocenters. The molecule has 2 rings (SSSR count). The van der Waals surface area contributed by atoms with Crippen molar-refractivity contribution in [3.8, 4) is 0 Å². The highest BCUT2D eigenvalue weighted by Gasteiger charge is 2.33. The lowest BCUT2D eigenvalue weighted by molar-refractivity contribution is -0.172. The average Bonchev–Trinajstić information content (AvgIpc) is 2.61. The molecule has 0 radical (unpaired) electrons. The molecule has 17 heavy (non-hydrogen) atoms. The van der Waals surface area contributed by atoms with Crippen LogP contribution in [0.25, 0.3) is 0 Å². The van der Waals surface area contributed by atoms with E-state index in [0.717, 1.165) is 6.07 Å². The van der Waals surface area contributed by atoms with Crippen molar-refractivity contribution in [1.29, 1.82) is 0 Å². The molecule has 1 aliphatic rings. The van der Waals surface area contributed by atoms with Gasteiger partial charge in [0.25, 0.3) is 11.8 Å². The third-order valence-electron chi connectivity index (χ3n) is 2.24. The third kappa shape index (κ3) is 2.30. The molecular weight excluding hydrogens is 228 g/mol. The summed E-state index contributed by atoms with van der Waals surface area (Å²) in [6.45, 7) is 0. The molecule has 0 aromatic heterocycles. The molecule has 1 aliphatic heterocycles. The Hall–Kier alpha value is -2.24. The molecule has 0 aliphatic carbocycles. The van der Waals surface area contributed by atoms with E-state index >= 15 is 0 Å². The van der Waals surface area contributed by atoms with Crippen molar-refractivity contribution < 1.29 is 23.6 Å². The second-order valence-corrected chi connectivity index (χ2v) is 3.47. The van der Waals surface area contributed by atoms with E-state index in [9.17, 15) is 18.8 Å². The number of rotatable bonds is 2. The fraction of sp³-hybridized carbons (Fsp3) is 0.182. The van der Waals surface area contributed by atoms with Gasteiger partial charge >= 0.3 is 5.97 Å². The Labute approximate surface area is 95.7 Å². The Bertz CT molecular complexity index is 484. The van der Waals surface area contributed by atoms with Crippen LogP contribution >= 0.6 is 0 Å². The highest BCUT2D eigenvalue weighted by atomic mass is 18.2. The monoisotopic (exact) mass is 236 g/mol. The fourth-order valence-corrected chi connectivity index (χ4v) is 1.41. The summed E-state index contributed by atoms with van der Waals surface area (Å²) >= 11 is 0. The van der Waals surface area contributed by atoms with Crippen LogP contribution in [0.3, 0.4) is 0 Å². The van der Waals surface area contributed by atoms with E-state index in [4.69, 9.17) is 0 Å². The summed E-state index contributed by atoms with van der Waals surface area (Å²) in [6.07, 6.45) is 0.0462. The van der Waals surface area contributed by atoms with Gasteiger partial charge in [-0.1, -0.05) is 6.07 Å². The molecule has 88 valence electrons. The maximum absolute atomic E-state index is 12.8. The number of carbonyl (C=O) groups excluding carboxylic acids is 3. The van der Waals surface area contributed by atoms with Gasteiger partial charge in [-0.15, -0.1) is 5.06 Å². The lowest BCUT2D eigenvalue weighted by Crippen LogP contribution is -2.32. The van der Waals surface area contributed by atoms with Crippen LogP contribution in [-0.4, -0.2) is 22.8 Å². The van der Waals surface area contributed by atoms with Crippen molar-refractivity contribution in [3.63, 3.8) is 0 Å². The molecule has 0 N–H and O–H groups in total. The predicted octanol–water partition coefficient (Wildman–Crippen LogP) is 1.05. The van der Waals surface area contributed by atoms with E-state index in [1.54, 1.807) is 0 Å². The number of hydroxylamine groups is 2. The van der Waals surface area contributed by atoms with Crippen LogP contribution in [0.4, 0.5) is 4.39 Å². The van der Waals surface area contributed by atoms with Gasteiger partial charge in [-0.25, -0.2) is 9.18 Å². The van der Waals surface area contributed by atoms with Gasteiger partial charge in [0.1, 0.15) is 5.82 Å². The normalized spacial score (nSPS) is 15.2. The quantitative estimate of drug-likeness (QED) is 0.720. The second-order valence-electron chi connectivity index (χ2n) is 3.47. The van der Waals surface area contributed by atoms with Crippen LogP contribution in [-0.2, 0) is 14.4 Å². The molecule has 1 heterocycles. The van der Waals surface area contributed by atoms with E-state index < -0.39 is 23.6 Å². The Balaban J connectivity index is 2.12. The van der Waals surface area contributed by atoms with Gasteiger partial charge in [-0.2, -0.15) is 0 Å². The first-order valence-electron chi connectivity index (χ1n) is 4.91. The molecule has 1 aromatic rings. The fourth-order valence-electron chi connectivity index (χ4n) is 1.41. The highest BCUT2D eigenvalue weighted by Crippen LogP contribution is 2.14. The van der Waals surface area contributed by atoms with Crippen molar-refractivity contribution in [1.82, 2.24) is 5.06 Å². The summed E-state index contributed by atoms with van der Waals surface area (Å²) in [5.41, 5.74) is -0.0579. The van der Waals surface area contributed by atoms with Gasteiger partial charge in [0.05, 0.1) is 5.56 Å². The number of carbonyl (C=O) groups is 3. The van der Waals surface area contributed by atoms with Crippen molar-refractivity contribution in [2.24, 2.45) is 0 Å². The molecule has 0 atom stereocenters. The minimum absolute atomic E-state index is 0.0231. The first-order chi connectivity index (χ1) is 8.08. The van der Waals surface area contributed by atoms with Gasteiger partial charge in [-0.05, 0) is 18.2 Å². The summed E-state index contributed by atoms with van der Waals surface area (Å²) < 4.78 is 12.8. The van der Waals surface area contributed by atoms with Gasteiger partial charge in [0, 0.05) is 12.8 Å². The molecule has 1 aromatic carbocycles. The molecule has 0 bridgehead atoms. The van der Waals surface area contributed by atoms with Crippen molar-refractivity contribution in [2.45, 2.75) is 12.8 Å². The number of hydrogen-bond acceptors (Lipinski definition) is 4. The molecule has 1 saturated heterocycles. The van der Waals surface area contributed by atoms with E-state index in [1.165, 1.54) is 18.2 Å². The first kappa shape index (κ1) is 11.3. The van der Waals surface area contributed by atoms with Crippen molar-refractivity contribution in [2.75, 3.05) is 0 Å². The lowest BCUT2D eigenvalue weighted by atomic mass is 10.2. The zero-order valence-corrected chi connectivity index (χ0v) is 8.68. The van der Waals surface area contributed by atoms with Crippen molar-refractivity contribution in [3.05, 3.63) is 35.6 Å². The maximum atomic E-state index is 12.8. The highest BCUT2D eigenvalue weighted by molar-refractivity contribution is 6.02. The van der Waals surface area contributed by atoms with E-state index in [1.807, 2.05) is 0 Å². The number of amides is 2. The van der Waals surface area contributed by atoms with Crippen LogP contribution < -0.4 is 0 Å². The second kappa shape index (κ2) is 4.32. The van der Waals surface area contributed by atoms with Gasteiger partial charge in [0.2, 0.25) is 0 Å². The standard InChI is InChI=1S/C11H8FNO4/c12-8-3-1-2-7(6-8)11(16)17-13-9(14)4-5-10(13)15/h1-3,6H,4-5H2/i12-1. The smallest absolute Gasteiger partial charge is 0.325 e. The molecule has 6 heteroatoms. The molecular formula is C11H8FNO4.